The molecule has 0 aromatic carbocycles. The summed E-state index contributed by atoms with van der Waals surface area (Å²) >= 11 is 0. The largest absolute Gasteiger partial charge is 0.377 e. The molecule has 4 N–H and O–H groups in total. The smallest absolute Gasteiger partial charge is 0.141 e. The van der Waals surface area contributed by atoms with Gasteiger partial charge in [-0.2, -0.15) is 0 Å². The summed E-state index contributed by atoms with van der Waals surface area (Å²) in [4.78, 5) is 0. The molecule has 0 aromatic heterocycles. The molecule has 2 rings (SSSR count). The minimum absolute atomic E-state index is 0. The van der Waals surface area contributed by atoms with Crippen molar-refractivity contribution in [2.45, 2.75) is 24.4 Å². The Hall–Kier alpha value is 0.280. The van der Waals surface area contributed by atoms with Gasteiger partial charge in [0.05, 0.1) is 38.5 Å². The van der Waals surface area contributed by atoms with Crippen molar-refractivity contribution < 1.29 is 18.3 Å². The minimum atomic E-state index is -0.931. The second-order valence-corrected chi connectivity index (χ2v) is 3.43. The molecule has 0 amide bonds. The molecule has 8 heteroatoms. The number of nitrogens with two attached hydrogens (primary N) is 2. The second kappa shape index (κ2) is 9.32. The molecule has 2 heterocycles. The first-order valence-electron chi connectivity index (χ1n) is 4.56. The maximum Gasteiger partial charge on any atom is 0.141 e. The molecule has 0 radical (unpaired) electrons. The zero-order chi connectivity index (χ0) is 10.6. The first-order chi connectivity index (χ1) is 6.61. The van der Waals surface area contributed by atoms with E-state index in [1.54, 1.807) is 0 Å². The maximum atomic E-state index is 12.1. The van der Waals surface area contributed by atoms with E-state index in [1.165, 1.54) is 0 Å². The first kappa shape index (κ1) is 18.6. The quantitative estimate of drug-likeness (QED) is 0.666. The van der Waals surface area contributed by atoms with Gasteiger partial charge in [-0.25, -0.2) is 8.78 Å². The van der Waals surface area contributed by atoms with Crippen LogP contribution in [0.5, 0.6) is 0 Å². The van der Waals surface area contributed by atoms with Gasteiger partial charge in [0.15, 0.2) is 0 Å². The van der Waals surface area contributed by atoms with Crippen molar-refractivity contribution in [2.24, 2.45) is 11.5 Å². The second-order valence-electron chi connectivity index (χ2n) is 3.43. The lowest BCUT2D eigenvalue weighted by Crippen LogP contribution is -2.29. The lowest BCUT2D eigenvalue weighted by Gasteiger charge is -1.98. The van der Waals surface area contributed by atoms with Crippen LogP contribution in [-0.4, -0.2) is 50.9 Å². The molecule has 0 bridgehead atoms. The molecule has 0 saturated carbocycles. The van der Waals surface area contributed by atoms with E-state index in [0.29, 0.717) is 13.2 Å². The van der Waals surface area contributed by atoms with Crippen molar-refractivity contribution in [1.82, 2.24) is 0 Å². The van der Waals surface area contributed by atoms with E-state index in [1.807, 2.05) is 0 Å². The summed E-state index contributed by atoms with van der Waals surface area (Å²) in [7, 11) is 0. The normalized spacial score (nSPS) is 36.8. The average Bonchev–Trinajstić information content (AvgIpc) is 2.67. The highest BCUT2D eigenvalue weighted by atomic mass is 35.5. The zero-order valence-electron chi connectivity index (χ0n) is 8.68. The van der Waals surface area contributed by atoms with Gasteiger partial charge >= 0.3 is 0 Å². The Morgan fingerprint density at radius 3 is 1.12 bits per heavy atom. The fraction of sp³-hybridized carbons (Fsp3) is 1.00. The van der Waals surface area contributed by atoms with Crippen molar-refractivity contribution in [3.63, 3.8) is 0 Å². The van der Waals surface area contributed by atoms with Gasteiger partial charge in [0.1, 0.15) is 12.3 Å². The lowest BCUT2D eigenvalue weighted by atomic mass is 10.3. The van der Waals surface area contributed by atoms with Gasteiger partial charge in [0.25, 0.3) is 0 Å². The summed E-state index contributed by atoms with van der Waals surface area (Å²) in [5, 5.41) is 0. The van der Waals surface area contributed by atoms with E-state index in [-0.39, 0.29) is 50.1 Å². The Balaban J connectivity index is 0. The number of alkyl halides is 2. The number of rotatable bonds is 0. The molecule has 0 aliphatic carbocycles. The minimum Gasteiger partial charge on any atom is -0.377 e. The summed E-state index contributed by atoms with van der Waals surface area (Å²) in [5.41, 5.74) is 10.4. The molecule has 0 aromatic rings. The van der Waals surface area contributed by atoms with E-state index < -0.39 is 12.3 Å². The third-order valence-corrected chi connectivity index (χ3v) is 2.10. The Bertz CT molecular complexity index is 148. The van der Waals surface area contributed by atoms with Crippen LogP contribution in [0, 0.1) is 0 Å². The predicted molar refractivity (Wildman–Crippen MR) is 61.9 cm³/mol. The van der Waals surface area contributed by atoms with E-state index in [0.717, 1.165) is 0 Å². The SMILES string of the molecule is Cl.Cl.N[C@@H]1COC[C@@H]1F.N[C@H]1COC[C@H]1F. The van der Waals surface area contributed by atoms with E-state index in [9.17, 15) is 8.78 Å². The van der Waals surface area contributed by atoms with Crippen LogP contribution in [0.4, 0.5) is 8.78 Å². The van der Waals surface area contributed by atoms with Crippen LogP contribution in [0.25, 0.3) is 0 Å². The zero-order valence-corrected chi connectivity index (χ0v) is 10.3. The molecule has 4 atom stereocenters. The van der Waals surface area contributed by atoms with Gasteiger partial charge in [0.2, 0.25) is 0 Å². The van der Waals surface area contributed by atoms with Crippen LogP contribution in [0.1, 0.15) is 0 Å². The van der Waals surface area contributed by atoms with Gasteiger partial charge in [-0.3, -0.25) is 0 Å². The molecule has 2 aliphatic rings. The molecule has 2 fully saturated rings. The van der Waals surface area contributed by atoms with Crippen molar-refractivity contribution in [3.05, 3.63) is 0 Å². The molecule has 0 spiro atoms. The molecule has 16 heavy (non-hydrogen) atoms. The summed E-state index contributed by atoms with van der Waals surface area (Å²) in [6.45, 7) is 1.12. The fourth-order valence-corrected chi connectivity index (χ4v) is 1.09. The third kappa shape index (κ3) is 6.12. The predicted octanol–water partition coefficient (Wildman–Crippen LogP) is 0.208. The van der Waals surface area contributed by atoms with Crippen LogP contribution in [-0.2, 0) is 9.47 Å². The number of halogens is 4. The Morgan fingerprint density at radius 1 is 0.750 bits per heavy atom. The fourth-order valence-electron chi connectivity index (χ4n) is 1.09. The van der Waals surface area contributed by atoms with Crippen LogP contribution < -0.4 is 11.5 Å². The average molecular weight is 283 g/mol. The van der Waals surface area contributed by atoms with Crippen molar-refractivity contribution in [1.29, 1.82) is 0 Å². The molecule has 0 unspecified atom stereocenters. The van der Waals surface area contributed by atoms with Crippen LogP contribution in [0.3, 0.4) is 0 Å². The molecule has 4 nitrogen and oxygen atoms in total. The highest BCUT2D eigenvalue weighted by Gasteiger charge is 2.23. The molecular weight excluding hydrogens is 265 g/mol. The Morgan fingerprint density at radius 2 is 1.06 bits per heavy atom. The van der Waals surface area contributed by atoms with Crippen LogP contribution in [0.15, 0.2) is 0 Å². The number of ether oxygens (including phenoxy) is 2. The van der Waals surface area contributed by atoms with Crippen molar-refractivity contribution in [3.8, 4) is 0 Å². The summed E-state index contributed by atoms with van der Waals surface area (Å²) in [6.07, 6.45) is -1.86. The molecule has 100 valence electrons. The van der Waals surface area contributed by atoms with Crippen molar-refractivity contribution in [2.75, 3.05) is 26.4 Å². The summed E-state index contributed by atoms with van der Waals surface area (Å²) in [5.74, 6) is 0. The van der Waals surface area contributed by atoms with Gasteiger partial charge in [0, 0.05) is 0 Å². The van der Waals surface area contributed by atoms with E-state index in [2.05, 4.69) is 9.47 Å². The van der Waals surface area contributed by atoms with Crippen LogP contribution >= 0.6 is 24.8 Å². The molecule has 2 aliphatic heterocycles. The number of hydrogen-bond donors (Lipinski definition) is 2. The highest BCUT2D eigenvalue weighted by molar-refractivity contribution is 5.85. The van der Waals surface area contributed by atoms with Gasteiger partial charge in [-0.05, 0) is 0 Å². The summed E-state index contributed by atoms with van der Waals surface area (Å²) < 4.78 is 33.5. The summed E-state index contributed by atoms with van der Waals surface area (Å²) in [6, 6.07) is -0.750. The Kier molecular flexibility index (Phi) is 10.9. The first-order valence-corrected chi connectivity index (χ1v) is 4.56. The standard InChI is InChI=1S/2C4H8FNO.2ClH/c2*5-3-1-7-2-4(3)6;;/h2*3-4H,1-2,6H2;2*1H/t2*3-,4+;;/m10../s1. The molecule has 2 saturated heterocycles. The van der Waals surface area contributed by atoms with Crippen molar-refractivity contribution >= 4 is 24.8 Å². The van der Waals surface area contributed by atoms with Gasteiger partial charge in [-0.1, -0.05) is 0 Å². The number of hydrogen-bond acceptors (Lipinski definition) is 4. The van der Waals surface area contributed by atoms with Gasteiger partial charge in [-0.15, -0.1) is 24.8 Å². The Labute approximate surface area is 106 Å². The van der Waals surface area contributed by atoms with E-state index in [4.69, 9.17) is 11.5 Å². The lowest BCUT2D eigenvalue weighted by molar-refractivity contribution is 0.173. The highest BCUT2D eigenvalue weighted by Crippen LogP contribution is 2.05. The monoisotopic (exact) mass is 282 g/mol. The topological polar surface area (TPSA) is 70.5 Å². The van der Waals surface area contributed by atoms with E-state index >= 15 is 0 Å². The molecular formula is C8H18Cl2F2N2O2. The van der Waals surface area contributed by atoms with Crippen LogP contribution in [0.2, 0.25) is 0 Å². The maximum absolute atomic E-state index is 12.1. The van der Waals surface area contributed by atoms with Gasteiger partial charge < -0.3 is 20.9 Å². The third-order valence-electron chi connectivity index (χ3n) is 2.10.